The van der Waals surface area contributed by atoms with E-state index in [0.29, 0.717) is 30.7 Å². The van der Waals surface area contributed by atoms with E-state index in [1.54, 1.807) is 24.5 Å². The third kappa shape index (κ3) is 3.73. The Morgan fingerprint density at radius 2 is 2.35 bits per heavy atom. The summed E-state index contributed by atoms with van der Waals surface area (Å²) in [6, 6.07) is 4.20. The molecule has 3 rings (SSSR count). The highest BCUT2D eigenvalue weighted by molar-refractivity contribution is 5.94. The summed E-state index contributed by atoms with van der Waals surface area (Å²) in [5, 5.41) is 11.7. The fourth-order valence-corrected chi connectivity index (χ4v) is 2.68. The van der Waals surface area contributed by atoms with Crippen LogP contribution in [0, 0.1) is 0 Å². The number of nitrogens with zero attached hydrogens (tertiary/aromatic N) is 5. The molecule has 1 saturated heterocycles. The minimum absolute atomic E-state index is 0.0492. The summed E-state index contributed by atoms with van der Waals surface area (Å²) in [5.41, 5.74) is 1.57. The molecule has 2 aromatic rings. The lowest BCUT2D eigenvalue weighted by Gasteiger charge is -2.16. The maximum Gasteiger partial charge on any atom is 0.255 e. The Morgan fingerprint density at radius 3 is 3.04 bits per heavy atom. The topological polar surface area (TPSA) is 75.9 Å². The Bertz CT molecular complexity index is 654. The number of aromatic nitrogens is 4. The molecule has 0 spiro atoms. The van der Waals surface area contributed by atoms with Crippen molar-refractivity contribution in [1.82, 2.24) is 30.2 Å². The third-order valence-corrected chi connectivity index (χ3v) is 4.04. The molecular formula is C16H22N6O. The molecule has 3 heterocycles. The van der Waals surface area contributed by atoms with E-state index >= 15 is 0 Å². The van der Waals surface area contributed by atoms with E-state index in [1.807, 2.05) is 15.8 Å². The van der Waals surface area contributed by atoms with Gasteiger partial charge in [0.25, 0.3) is 5.91 Å². The summed E-state index contributed by atoms with van der Waals surface area (Å²) < 4.78 is 1.85. The van der Waals surface area contributed by atoms with Gasteiger partial charge in [0.2, 0.25) is 0 Å². The lowest BCUT2D eigenvalue weighted by Crippen LogP contribution is -2.35. The van der Waals surface area contributed by atoms with Crippen LogP contribution in [-0.2, 0) is 6.54 Å². The van der Waals surface area contributed by atoms with Gasteiger partial charge in [-0.15, -0.1) is 5.10 Å². The molecule has 7 heteroatoms. The highest BCUT2D eigenvalue weighted by atomic mass is 16.2. The number of pyridine rings is 1. The van der Waals surface area contributed by atoms with Crippen molar-refractivity contribution in [1.29, 1.82) is 0 Å². The molecule has 1 aliphatic heterocycles. The van der Waals surface area contributed by atoms with Crippen molar-refractivity contribution in [2.75, 3.05) is 13.1 Å². The Morgan fingerprint density at radius 1 is 1.48 bits per heavy atom. The number of hydrogen-bond acceptors (Lipinski definition) is 5. The first-order valence-electron chi connectivity index (χ1n) is 7.97. The molecule has 1 N–H and O–H groups in total. The van der Waals surface area contributed by atoms with Crippen molar-refractivity contribution in [2.24, 2.45) is 0 Å². The van der Waals surface area contributed by atoms with Gasteiger partial charge < -0.3 is 10.2 Å². The van der Waals surface area contributed by atoms with Crippen LogP contribution in [0.1, 0.15) is 42.4 Å². The molecule has 23 heavy (non-hydrogen) atoms. The van der Waals surface area contributed by atoms with Gasteiger partial charge in [0, 0.05) is 44.1 Å². The first kappa shape index (κ1) is 15.6. The van der Waals surface area contributed by atoms with Crippen LogP contribution in [0.15, 0.2) is 30.7 Å². The molecule has 0 saturated carbocycles. The number of hydrogen-bond donors (Lipinski definition) is 1. The van der Waals surface area contributed by atoms with Gasteiger partial charge in [0.05, 0.1) is 17.5 Å². The number of carbonyl (C=O) groups excluding carboxylic acids is 1. The number of likely N-dealkylation sites (tertiary alicyclic amines) is 1. The van der Waals surface area contributed by atoms with Gasteiger partial charge in [0.15, 0.2) is 0 Å². The molecule has 2 aromatic heterocycles. The van der Waals surface area contributed by atoms with Gasteiger partial charge in [-0.2, -0.15) is 0 Å². The summed E-state index contributed by atoms with van der Waals surface area (Å²) in [6.07, 6.45) is 6.21. The van der Waals surface area contributed by atoms with Crippen molar-refractivity contribution >= 4 is 5.91 Å². The maximum atomic E-state index is 12.4. The highest BCUT2D eigenvalue weighted by Crippen LogP contribution is 2.13. The van der Waals surface area contributed by atoms with Gasteiger partial charge in [-0.05, 0) is 32.4 Å². The second-order valence-corrected chi connectivity index (χ2v) is 6.14. The van der Waals surface area contributed by atoms with Crippen LogP contribution in [-0.4, -0.2) is 49.9 Å². The maximum absolute atomic E-state index is 12.4. The third-order valence-electron chi connectivity index (χ3n) is 4.04. The smallest absolute Gasteiger partial charge is 0.255 e. The average molecular weight is 314 g/mol. The van der Waals surface area contributed by atoms with Crippen LogP contribution in [0.3, 0.4) is 0 Å². The second-order valence-electron chi connectivity index (χ2n) is 6.14. The SMILES string of the molecule is CC(C)n1cc(CNC2CCN(C(=O)c3cccnc3)C2)nn1. The zero-order chi connectivity index (χ0) is 16.2. The fraction of sp³-hybridized carbons (Fsp3) is 0.500. The van der Waals surface area contributed by atoms with Crippen molar-refractivity contribution in [3.05, 3.63) is 42.0 Å². The Hall–Kier alpha value is -2.28. The van der Waals surface area contributed by atoms with Crippen LogP contribution in [0.2, 0.25) is 0 Å². The van der Waals surface area contributed by atoms with E-state index in [1.165, 1.54) is 0 Å². The molecule has 1 unspecified atom stereocenters. The van der Waals surface area contributed by atoms with E-state index in [0.717, 1.165) is 18.7 Å². The van der Waals surface area contributed by atoms with E-state index in [9.17, 15) is 4.79 Å². The minimum Gasteiger partial charge on any atom is -0.337 e. The van der Waals surface area contributed by atoms with Gasteiger partial charge in [-0.25, -0.2) is 4.68 Å². The molecule has 0 radical (unpaired) electrons. The second kappa shape index (κ2) is 6.87. The van der Waals surface area contributed by atoms with E-state index in [2.05, 4.69) is 34.5 Å². The van der Waals surface area contributed by atoms with Gasteiger partial charge in [-0.1, -0.05) is 5.21 Å². The molecule has 7 nitrogen and oxygen atoms in total. The molecule has 1 atom stereocenters. The van der Waals surface area contributed by atoms with Gasteiger partial charge >= 0.3 is 0 Å². The van der Waals surface area contributed by atoms with E-state index in [4.69, 9.17) is 0 Å². The number of amides is 1. The van der Waals surface area contributed by atoms with Crippen LogP contribution >= 0.6 is 0 Å². The van der Waals surface area contributed by atoms with Gasteiger partial charge in [0.1, 0.15) is 0 Å². The molecular weight excluding hydrogens is 292 g/mol. The van der Waals surface area contributed by atoms with Crippen LogP contribution in [0.4, 0.5) is 0 Å². The zero-order valence-corrected chi connectivity index (χ0v) is 13.5. The van der Waals surface area contributed by atoms with Crippen LogP contribution < -0.4 is 5.32 Å². The Balaban J connectivity index is 1.51. The first-order valence-corrected chi connectivity index (χ1v) is 7.97. The summed E-state index contributed by atoms with van der Waals surface area (Å²) in [7, 11) is 0. The standard InChI is InChI=1S/C16H22N6O/c1-12(2)22-11-15(19-20-22)9-18-14-5-7-21(10-14)16(23)13-4-3-6-17-8-13/h3-4,6,8,11-12,14,18H,5,7,9-10H2,1-2H3. The van der Waals surface area contributed by atoms with Crippen LogP contribution in [0.5, 0.6) is 0 Å². The normalized spacial score (nSPS) is 17.9. The molecule has 1 fully saturated rings. The molecule has 0 aromatic carbocycles. The van der Waals surface area contributed by atoms with Crippen molar-refractivity contribution in [2.45, 2.75) is 38.9 Å². The number of rotatable bonds is 5. The van der Waals surface area contributed by atoms with Crippen molar-refractivity contribution in [3.63, 3.8) is 0 Å². The summed E-state index contributed by atoms with van der Waals surface area (Å²) in [5.74, 6) is 0.0492. The van der Waals surface area contributed by atoms with E-state index in [-0.39, 0.29) is 5.91 Å². The number of nitrogens with one attached hydrogen (secondary N) is 1. The number of carbonyl (C=O) groups is 1. The monoisotopic (exact) mass is 314 g/mol. The predicted octanol–water partition coefficient (Wildman–Crippen LogP) is 1.26. The molecule has 1 aliphatic rings. The molecule has 1 amide bonds. The van der Waals surface area contributed by atoms with E-state index < -0.39 is 0 Å². The van der Waals surface area contributed by atoms with Gasteiger partial charge in [-0.3, -0.25) is 9.78 Å². The largest absolute Gasteiger partial charge is 0.337 e. The summed E-state index contributed by atoms with van der Waals surface area (Å²) in [6.45, 7) is 6.30. The lowest BCUT2D eigenvalue weighted by molar-refractivity contribution is 0.0789. The highest BCUT2D eigenvalue weighted by Gasteiger charge is 2.26. The Labute approximate surface area is 135 Å². The summed E-state index contributed by atoms with van der Waals surface area (Å²) >= 11 is 0. The quantitative estimate of drug-likeness (QED) is 0.899. The minimum atomic E-state index is 0.0492. The lowest BCUT2D eigenvalue weighted by atomic mass is 10.2. The van der Waals surface area contributed by atoms with Crippen LogP contribution in [0.25, 0.3) is 0 Å². The van der Waals surface area contributed by atoms with Crippen molar-refractivity contribution < 1.29 is 4.79 Å². The average Bonchev–Trinajstić information content (AvgIpc) is 3.22. The Kier molecular flexibility index (Phi) is 4.66. The zero-order valence-electron chi connectivity index (χ0n) is 13.5. The molecule has 0 aliphatic carbocycles. The molecule has 0 bridgehead atoms. The van der Waals surface area contributed by atoms with Crippen molar-refractivity contribution in [3.8, 4) is 0 Å². The first-order chi connectivity index (χ1) is 11.1. The summed E-state index contributed by atoms with van der Waals surface area (Å²) in [4.78, 5) is 18.3. The fourth-order valence-electron chi connectivity index (χ4n) is 2.68. The predicted molar refractivity (Wildman–Crippen MR) is 85.8 cm³/mol. The molecule has 122 valence electrons.